The van der Waals surface area contributed by atoms with Crippen molar-refractivity contribution in [2.45, 2.75) is 58.3 Å². The average Bonchev–Trinajstić information content (AvgIpc) is 3.38. The van der Waals surface area contributed by atoms with Crippen molar-refractivity contribution in [1.29, 1.82) is 0 Å². The van der Waals surface area contributed by atoms with E-state index in [1.807, 2.05) is 45.0 Å². The van der Waals surface area contributed by atoms with Crippen LogP contribution in [0.25, 0.3) is 22.6 Å². The van der Waals surface area contributed by atoms with Gasteiger partial charge in [0, 0.05) is 23.7 Å². The summed E-state index contributed by atoms with van der Waals surface area (Å²) >= 11 is 0. The van der Waals surface area contributed by atoms with Crippen LogP contribution in [0.15, 0.2) is 28.8 Å². The van der Waals surface area contributed by atoms with Crippen LogP contribution in [0.5, 0.6) is 5.75 Å². The first kappa shape index (κ1) is 24.1. The molecule has 1 aliphatic rings. The van der Waals surface area contributed by atoms with Crippen molar-refractivity contribution < 1.29 is 19.5 Å². The fourth-order valence-electron chi connectivity index (χ4n) is 4.34. The van der Waals surface area contributed by atoms with E-state index in [1.54, 1.807) is 7.05 Å². The third kappa shape index (κ3) is 5.38. The lowest BCUT2D eigenvalue weighted by Crippen LogP contribution is -2.29. The van der Waals surface area contributed by atoms with Crippen LogP contribution in [0.4, 0.5) is 5.82 Å². The third-order valence-corrected chi connectivity index (χ3v) is 6.14. The number of hydrogen-bond acceptors (Lipinski definition) is 9. The lowest BCUT2D eigenvalue weighted by Gasteiger charge is -2.18. The Kier molecular flexibility index (Phi) is 7.45. The van der Waals surface area contributed by atoms with Crippen LogP contribution >= 0.6 is 0 Å². The molecule has 2 aromatic heterocycles. The number of aliphatic hydroxyl groups excluding tert-OH is 2. The van der Waals surface area contributed by atoms with Gasteiger partial charge < -0.3 is 30.1 Å². The molecule has 0 bridgehead atoms. The number of aliphatic hydroxyl groups is 2. The number of anilines is 1. The Bertz CT molecular complexity index is 1110. The van der Waals surface area contributed by atoms with Gasteiger partial charge in [-0.05, 0) is 59.2 Å². The maximum Gasteiger partial charge on any atom is 0.162 e. The number of rotatable bonds is 9. The van der Waals surface area contributed by atoms with Gasteiger partial charge in [0.25, 0.3) is 0 Å². The van der Waals surface area contributed by atoms with Crippen LogP contribution in [0.2, 0.25) is 0 Å². The van der Waals surface area contributed by atoms with Crippen LogP contribution in [0.3, 0.4) is 0 Å². The number of ether oxygens (including phenoxy) is 1. The smallest absolute Gasteiger partial charge is 0.162 e. The molecule has 1 unspecified atom stereocenters. The van der Waals surface area contributed by atoms with Gasteiger partial charge in [-0.2, -0.15) is 0 Å². The lowest BCUT2D eigenvalue weighted by atomic mass is 10.0. The van der Waals surface area contributed by atoms with Crippen molar-refractivity contribution in [3.63, 3.8) is 0 Å². The second-order valence-corrected chi connectivity index (χ2v) is 8.93. The second-order valence-electron chi connectivity index (χ2n) is 8.93. The van der Waals surface area contributed by atoms with Crippen molar-refractivity contribution in [2.75, 3.05) is 25.5 Å². The molecule has 3 atom stereocenters. The molecule has 9 nitrogen and oxygen atoms in total. The zero-order chi connectivity index (χ0) is 24.2. The van der Waals surface area contributed by atoms with Crippen molar-refractivity contribution >= 4 is 5.82 Å². The van der Waals surface area contributed by atoms with E-state index in [0.717, 1.165) is 46.7 Å². The summed E-state index contributed by atoms with van der Waals surface area (Å²) in [4.78, 5) is 9.76. The highest BCUT2D eigenvalue weighted by Gasteiger charge is 2.26. The predicted molar refractivity (Wildman–Crippen MR) is 130 cm³/mol. The van der Waals surface area contributed by atoms with Crippen molar-refractivity contribution in [3.8, 4) is 28.4 Å². The molecule has 1 fully saturated rings. The van der Waals surface area contributed by atoms with Crippen LogP contribution in [0, 0.1) is 20.8 Å². The molecular formula is C25H33N5O4. The minimum absolute atomic E-state index is 0.150. The zero-order valence-corrected chi connectivity index (χ0v) is 20.1. The molecule has 34 heavy (non-hydrogen) atoms. The minimum Gasteiger partial charge on any atom is -0.491 e. The number of nitrogens with zero attached hydrogens (tertiary/aromatic N) is 3. The summed E-state index contributed by atoms with van der Waals surface area (Å²) < 4.78 is 11.2. The molecule has 1 saturated carbocycles. The van der Waals surface area contributed by atoms with Crippen molar-refractivity contribution in [3.05, 3.63) is 41.3 Å². The Balaban J connectivity index is 1.71. The summed E-state index contributed by atoms with van der Waals surface area (Å²) in [5.41, 5.74) is 4.09. The van der Waals surface area contributed by atoms with Crippen LogP contribution in [-0.4, -0.2) is 63.8 Å². The maximum absolute atomic E-state index is 9.98. The van der Waals surface area contributed by atoms with Crippen LogP contribution < -0.4 is 15.4 Å². The molecule has 9 heteroatoms. The summed E-state index contributed by atoms with van der Waals surface area (Å²) in [6, 6.07) is 7.68. The molecule has 182 valence electrons. The van der Waals surface area contributed by atoms with Crippen LogP contribution in [0.1, 0.15) is 36.3 Å². The summed E-state index contributed by atoms with van der Waals surface area (Å²) in [5.74, 6) is 2.60. The first-order valence-electron chi connectivity index (χ1n) is 11.7. The number of benzene rings is 1. The fraction of sp³-hybridized carbons (Fsp3) is 0.480. The van der Waals surface area contributed by atoms with E-state index in [9.17, 15) is 10.2 Å². The standard InChI is InChI=1S/C25H33N5O4/c1-14-23(22-15(2)30-34-16(22)3)28-25(29-24(14)27-18-8-9-19(31)11-18)17-6-5-7-21(10-17)33-13-20(32)12-26-4/h5-7,10,18-20,26,31-32H,8-9,11-13H2,1-4H3,(H,27,28,29)/t18-,19+,20?/m1/s1. The number of aromatic nitrogens is 3. The summed E-state index contributed by atoms with van der Waals surface area (Å²) in [6.45, 7) is 6.40. The fourth-order valence-corrected chi connectivity index (χ4v) is 4.34. The van der Waals surface area contributed by atoms with Gasteiger partial charge in [0.1, 0.15) is 30.0 Å². The Morgan fingerprint density at radius 2 is 2.03 bits per heavy atom. The van der Waals surface area contributed by atoms with Gasteiger partial charge in [-0.3, -0.25) is 0 Å². The molecule has 2 heterocycles. The number of nitrogens with one attached hydrogen (secondary N) is 2. The highest BCUT2D eigenvalue weighted by Crippen LogP contribution is 2.34. The monoisotopic (exact) mass is 467 g/mol. The van der Waals surface area contributed by atoms with E-state index in [-0.39, 0.29) is 18.8 Å². The SMILES string of the molecule is CNCC(O)COc1cccc(-c2nc(N[C@@H]3CC[C@H](O)C3)c(C)c(-c3c(C)noc3C)n2)c1. The molecule has 4 N–H and O–H groups in total. The van der Waals surface area contributed by atoms with Gasteiger partial charge in [-0.25, -0.2) is 9.97 Å². The zero-order valence-electron chi connectivity index (χ0n) is 20.1. The molecule has 0 saturated heterocycles. The molecule has 0 spiro atoms. The molecule has 1 aromatic carbocycles. The van der Waals surface area contributed by atoms with E-state index in [4.69, 9.17) is 19.2 Å². The maximum atomic E-state index is 9.98. The highest BCUT2D eigenvalue weighted by molar-refractivity contribution is 5.74. The third-order valence-electron chi connectivity index (χ3n) is 6.14. The van der Waals surface area contributed by atoms with Gasteiger partial charge in [-0.15, -0.1) is 0 Å². The number of aryl methyl sites for hydroxylation is 2. The largest absolute Gasteiger partial charge is 0.491 e. The van der Waals surface area contributed by atoms with E-state index in [1.165, 1.54) is 0 Å². The molecule has 0 aliphatic heterocycles. The Labute approximate surface area is 199 Å². The average molecular weight is 468 g/mol. The summed E-state index contributed by atoms with van der Waals surface area (Å²) in [5, 5.41) is 30.5. The van der Waals surface area contributed by atoms with E-state index in [0.29, 0.717) is 30.3 Å². The van der Waals surface area contributed by atoms with E-state index < -0.39 is 6.10 Å². The Morgan fingerprint density at radius 3 is 2.71 bits per heavy atom. The molecule has 0 amide bonds. The van der Waals surface area contributed by atoms with Gasteiger partial charge in [0.2, 0.25) is 0 Å². The van der Waals surface area contributed by atoms with Gasteiger partial charge in [0.05, 0.1) is 23.1 Å². The van der Waals surface area contributed by atoms with Gasteiger partial charge in [-0.1, -0.05) is 17.3 Å². The van der Waals surface area contributed by atoms with E-state index >= 15 is 0 Å². The quantitative estimate of drug-likeness (QED) is 0.376. The van der Waals surface area contributed by atoms with Crippen LogP contribution in [-0.2, 0) is 0 Å². The molecule has 3 aromatic rings. The first-order valence-corrected chi connectivity index (χ1v) is 11.7. The first-order chi connectivity index (χ1) is 16.4. The Hall–Kier alpha value is -3.01. The van der Waals surface area contributed by atoms with Crippen molar-refractivity contribution in [2.24, 2.45) is 0 Å². The highest BCUT2D eigenvalue weighted by atomic mass is 16.5. The number of likely N-dealkylation sites (N-methyl/N-ethyl adjacent to an activating group) is 1. The molecule has 1 aliphatic carbocycles. The van der Waals surface area contributed by atoms with Gasteiger partial charge >= 0.3 is 0 Å². The minimum atomic E-state index is -0.604. The normalized spacial score (nSPS) is 18.8. The summed E-state index contributed by atoms with van der Waals surface area (Å²) in [7, 11) is 1.78. The second kappa shape index (κ2) is 10.5. The number of hydrogen-bond donors (Lipinski definition) is 4. The molecule has 0 radical (unpaired) electrons. The lowest BCUT2D eigenvalue weighted by molar-refractivity contribution is 0.108. The Morgan fingerprint density at radius 1 is 1.21 bits per heavy atom. The van der Waals surface area contributed by atoms with E-state index in [2.05, 4.69) is 15.8 Å². The molecule has 4 rings (SSSR count). The van der Waals surface area contributed by atoms with Crippen molar-refractivity contribution in [1.82, 2.24) is 20.4 Å². The predicted octanol–water partition coefficient (Wildman–Crippen LogP) is 3.01. The molecular weight excluding hydrogens is 434 g/mol. The topological polar surface area (TPSA) is 126 Å². The van der Waals surface area contributed by atoms with Gasteiger partial charge in [0.15, 0.2) is 5.82 Å². The summed E-state index contributed by atoms with van der Waals surface area (Å²) in [6.07, 6.45) is 1.47.